The van der Waals surface area contributed by atoms with Crippen LogP contribution in [0.5, 0.6) is 0 Å². The molecule has 228 valence electrons. The third-order valence-corrected chi connectivity index (χ3v) is 8.39. The summed E-state index contributed by atoms with van der Waals surface area (Å²) in [5, 5.41) is 0.747. The molecular weight excluding hydrogens is 572 g/mol. The molecule has 4 aromatic carbocycles. The summed E-state index contributed by atoms with van der Waals surface area (Å²) >= 11 is 6.17. The van der Waals surface area contributed by atoms with Crippen LogP contribution < -0.4 is 0 Å². The molecule has 7 heteroatoms. The van der Waals surface area contributed by atoms with Gasteiger partial charge < -0.3 is 9.47 Å². The van der Waals surface area contributed by atoms with Crippen LogP contribution in [0.25, 0.3) is 0 Å². The Hall–Kier alpha value is -3.81. The molecule has 0 unspecified atom stereocenters. The molecule has 0 bridgehead atoms. The van der Waals surface area contributed by atoms with Gasteiger partial charge >= 0.3 is 5.97 Å². The number of ketones is 1. The van der Waals surface area contributed by atoms with Gasteiger partial charge in [-0.05, 0) is 41.8 Å². The van der Waals surface area contributed by atoms with Gasteiger partial charge in [-0.2, -0.15) is 0 Å². The molecule has 0 aromatic heterocycles. The van der Waals surface area contributed by atoms with E-state index in [0.717, 1.165) is 43.3 Å². The number of carbonyl (C=O) groups excluding carboxylic acids is 2. The number of benzene rings is 4. The maximum atomic E-state index is 12.8. The van der Waals surface area contributed by atoms with E-state index in [1.54, 1.807) is 37.3 Å². The highest BCUT2D eigenvalue weighted by molar-refractivity contribution is 6.30. The van der Waals surface area contributed by atoms with Crippen LogP contribution in [0, 0.1) is 0 Å². The van der Waals surface area contributed by atoms with Crippen molar-refractivity contribution < 1.29 is 19.1 Å². The lowest BCUT2D eigenvalue weighted by atomic mass is 9.96. The van der Waals surface area contributed by atoms with Crippen LogP contribution in [0.4, 0.5) is 0 Å². The first-order valence-electron chi connectivity index (χ1n) is 15.2. The Morgan fingerprint density at radius 2 is 1.32 bits per heavy atom. The van der Waals surface area contributed by atoms with E-state index in [2.05, 4.69) is 52.3 Å². The number of esters is 1. The Morgan fingerprint density at radius 3 is 2.02 bits per heavy atom. The van der Waals surface area contributed by atoms with Crippen molar-refractivity contribution in [3.63, 3.8) is 0 Å². The largest absolute Gasteiger partial charge is 0.463 e. The van der Waals surface area contributed by atoms with Crippen molar-refractivity contribution in [2.24, 2.45) is 0 Å². The Kier molecular flexibility index (Phi) is 11.3. The van der Waals surface area contributed by atoms with Crippen molar-refractivity contribution in [2.45, 2.75) is 18.9 Å². The van der Waals surface area contributed by atoms with Crippen LogP contribution >= 0.6 is 11.6 Å². The maximum absolute atomic E-state index is 12.8. The van der Waals surface area contributed by atoms with Gasteiger partial charge in [0.25, 0.3) is 0 Å². The van der Waals surface area contributed by atoms with Crippen molar-refractivity contribution in [2.75, 3.05) is 52.5 Å². The average molecular weight is 611 g/mol. The van der Waals surface area contributed by atoms with Gasteiger partial charge in [-0.1, -0.05) is 103 Å². The summed E-state index contributed by atoms with van der Waals surface area (Å²) in [4.78, 5) is 30.5. The molecule has 5 rings (SSSR count). The summed E-state index contributed by atoms with van der Waals surface area (Å²) in [5.41, 5.74) is 4.45. The number of halogens is 1. The molecule has 6 nitrogen and oxygen atoms in total. The Bertz CT molecular complexity index is 1490. The highest BCUT2D eigenvalue weighted by Crippen LogP contribution is 2.30. The van der Waals surface area contributed by atoms with Crippen molar-refractivity contribution in [1.82, 2.24) is 9.80 Å². The number of piperazine rings is 1. The zero-order valence-electron chi connectivity index (χ0n) is 25.1. The second-order valence-corrected chi connectivity index (χ2v) is 11.5. The Morgan fingerprint density at radius 1 is 0.705 bits per heavy atom. The van der Waals surface area contributed by atoms with Gasteiger partial charge in [0.2, 0.25) is 0 Å². The number of rotatable bonds is 13. The van der Waals surface area contributed by atoms with E-state index in [0.29, 0.717) is 24.3 Å². The van der Waals surface area contributed by atoms with Gasteiger partial charge in [0.05, 0.1) is 25.2 Å². The zero-order chi connectivity index (χ0) is 30.7. The molecule has 0 spiro atoms. The first-order valence-corrected chi connectivity index (χ1v) is 15.6. The van der Waals surface area contributed by atoms with Crippen LogP contribution in [0.3, 0.4) is 0 Å². The van der Waals surface area contributed by atoms with E-state index in [4.69, 9.17) is 21.1 Å². The third kappa shape index (κ3) is 8.42. The van der Waals surface area contributed by atoms with Crippen LogP contribution in [-0.2, 0) is 14.3 Å². The molecule has 0 aliphatic carbocycles. The smallest absolute Gasteiger partial charge is 0.313 e. The van der Waals surface area contributed by atoms with Crippen LogP contribution in [0.1, 0.15) is 51.5 Å². The maximum Gasteiger partial charge on any atom is 0.313 e. The molecule has 1 aliphatic rings. The minimum atomic E-state index is -0.484. The summed E-state index contributed by atoms with van der Waals surface area (Å²) in [6.45, 7) is 7.57. The molecule has 1 saturated heterocycles. The standard InChI is InChI=1S/C37H39ClN2O4/c1-28(32-13-8-14-33(27-32)36(41)31-11-6-3-7-12-31)37(42)44-26-25-43-24-23-39-19-21-40(22-20-39)35(29-9-4-2-5-10-29)30-15-17-34(38)18-16-30/h2-18,27-28,35H,19-26H2,1H3/t28-,35-/m1/s1. The molecular formula is C37H39ClN2O4. The summed E-state index contributed by atoms with van der Waals surface area (Å²) in [7, 11) is 0. The van der Waals surface area contributed by atoms with E-state index >= 15 is 0 Å². The Labute approximate surface area is 265 Å². The summed E-state index contributed by atoms with van der Waals surface area (Å²) in [5.74, 6) is -0.884. The highest BCUT2D eigenvalue weighted by atomic mass is 35.5. The Balaban J connectivity index is 1.02. The van der Waals surface area contributed by atoms with Crippen LogP contribution in [-0.4, -0.2) is 74.1 Å². The normalized spacial score (nSPS) is 15.4. The lowest BCUT2D eigenvalue weighted by Gasteiger charge is -2.39. The van der Waals surface area contributed by atoms with Crippen molar-refractivity contribution >= 4 is 23.4 Å². The number of hydrogen-bond acceptors (Lipinski definition) is 6. The van der Waals surface area contributed by atoms with Gasteiger partial charge in [-0.25, -0.2) is 0 Å². The van der Waals surface area contributed by atoms with E-state index in [1.165, 1.54) is 11.1 Å². The average Bonchev–Trinajstić information content (AvgIpc) is 3.08. The molecule has 44 heavy (non-hydrogen) atoms. The summed E-state index contributed by atoms with van der Waals surface area (Å²) in [6.07, 6.45) is 0. The molecule has 1 heterocycles. The molecule has 0 amide bonds. The lowest BCUT2D eigenvalue weighted by Crippen LogP contribution is -2.48. The molecule has 4 aromatic rings. The number of carbonyl (C=O) groups is 2. The number of ether oxygens (including phenoxy) is 2. The van der Waals surface area contributed by atoms with Crippen molar-refractivity contribution in [3.8, 4) is 0 Å². The quantitative estimate of drug-likeness (QED) is 0.0961. The summed E-state index contributed by atoms with van der Waals surface area (Å²) in [6, 6.07) is 35.3. The first-order chi connectivity index (χ1) is 21.5. The fourth-order valence-corrected chi connectivity index (χ4v) is 5.73. The number of nitrogens with zero attached hydrogens (tertiary/aromatic N) is 2. The number of hydrogen-bond donors (Lipinski definition) is 0. The summed E-state index contributed by atoms with van der Waals surface area (Å²) < 4.78 is 11.3. The van der Waals surface area contributed by atoms with Crippen molar-refractivity contribution in [3.05, 3.63) is 142 Å². The zero-order valence-corrected chi connectivity index (χ0v) is 25.9. The van der Waals surface area contributed by atoms with Gasteiger partial charge in [0.1, 0.15) is 6.61 Å². The predicted octanol–water partition coefficient (Wildman–Crippen LogP) is 6.64. The molecule has 0 radical (unpaired) electrons. The van der Waals surface area contributed by atoms with Gasteiger partial charge in [0, 0.05) is 48.9 Å². The van der Waals surface area contributed by atoms with Crippen LogP contribution in [0.2, 0.25) is 5.02 Å². The third-order valence-electron chi connectivity index (χ3n) is 8.14. The van der Waals surface area contributed by atoms with Gasteiger partial charge in [0.15, 0.2) is 5.78 Å². The van der Waals surface area contributed by atoms with Crippen molar-refractivity contribution in [1.29, 1.82) is 0 Å². The second kappa shape index (κ2) is 15.8. The molecule has 2 atom stereocenters. The van der Waals surface area contributed by atoms with Gasteiger partial charge in [-0.3, -0.25) is 19.4 Å². The van der Waals surface area contributed by atoms with E-state index in [1.807, 2.05) is 36.4 Å². The first kappa shape index (κ1) is 31.6. The molecule has 0 N–H and O–H groups in total. The lowest BCUT2D eigenvalue weighted by molar-refractivity contribution is -0.146. The van der Waals surface area contributed by atoms with E-state index in [-0.39, 0.29) is 24.4 Å². The minimum Gasteiger partial charge on any atom is -0.463 e. The predicted molar refractivity (Wildman–Crippen MR) is 174 cm³/mol. The monoisotopic (exact) mass is 610 g/mol. The van der Waals surface area contributed by atoms with Crippen LogP contribution in [0.15, 0.2) is 109 Å². The molecule has 1 fully saturated rings. The fraction of sp³-hybridized carbons (Fsp3) is 0.297. The highest BCUT2D eigenvalue weighted by Gasteiger charge is 2.26. The fourth-order valence-electron chi connectivity index (χ4n) is 5.60. The molecule has 1 aliphatic heterocycles. The SMILES string of the molecule is C[C@@H](C(=O)OCCOCCN1CCN([C@H](c2ccccc2)c2ccc(Cl)cc2)CC1)c1cccc(C(=O)c2ccccc2)c1. The topological polar surface area (TPSA) is 59.1 Å². The van der Waals surface area contributed by atoms with E-state index in [9.17, 15) is 9.59 Å². The van der Waals surface area contributed by atoms with Gasteiger partial charge in [-0.15, -0.1) is 0 Å². The van der Waals surface area contributed by atoms with E-state index < -0.39 is 5.92 Å². The second-order valence-electron chi connectivity index (χ2n) is 11.1. The molecule has 0 saturated carbocycles. The minimum absolute atomic E-state index is 0.0691.